The molecule has 6 heteroatoms. The Kier molecular flexibility index (Phi) is 4.25. The predicted octanol–water partition coefficient (Wildman–Crippen LogP) is 0.254. The molecule has 0 aromatic carbocycles. The third kappa shape index (κ3) is 3.05. The van der Waals surface area contributed by atoms with Crippen LogP contribution in [0.3, 0.4) is 0 Å². The molecule has 0 bridgehead atoms. The summed E-state index contributed by atoms with van der Waals surface area (Å²) in [4.78, 5) is 28.5. The summed E-state index contributed by atoms with van der Waals surface area (Å²) in [6.45, 7) is 5.37. The van der Waals surface area contributed by atoms with Gasteiger partial charge in [0.05, 0.1) is 0 Å². The van der Waals surface area contributed by atoms with Crippen LogP contribution in [0.1, 0.15) is 19.7 Å². The van der Waals surface area contributed by atoms with Crippen molar-refractivity contribution in [1.29, 1.82) is 0 Å². The Hall–Kier alpha value is -1.85. The number of anilines is 1. The zero-order valence-corrected chi connectivity index (χ0v) is 10.3. The summed E-state index contributed by atoms with van der Waals surface area (Å²) < 4.78 is 1.26. The lowest BCUT2D eigenvalue weighted by Crippen LogP contribution is -2.29. The molecule has 0 saturated carbocycles. The van der Waals surface area contributed by atoms with Gasteiger partial charge in [-0.2, -0.15) is 0 Å². The smallest absolute Gasteiger partial charge is 0.311 e. The minimum absolute atomic E-state index is 0.238. The Labute approximate surface area is 99.5 Å². The Morgan fingerprint density at radius 3 is 2.53 bits per heavy atom. The first-order valence-corrected chi connectivity index (χ1v) is 5.53. The van der Waals surface area contributed by atoms with E-state index < -0.39 is 5.97 Å². The van der Waals surface area contributed by atoms with Crippen molar-refractivity contribution in [3.8, 4) is 0 Å². The molecule has 0 saturated heterocycles. The maximum absolute atomic E-state index is 11.7. The van der Waals surface area contributed by atoms with Gasteiger partial charge in [0.1, 0.15) is 18.1 Å². The fourth-order valence-electron chi connectivity index (χ4n) is 1.58. The second-order valence-electron chi connectivity index (χ2n) is 3.67. The van der Waals surface area contributed by atoms with Gasteiger partial charge < -0.3 is 10.0 Å². The Morgan fingerprint density at radius 1 is 1.47 bits per heavy atom. The van der Waals surface area contributed by atoms with Crippen molar-refractivity contribution in [2.75, 3.05) is 18.0 Å². The Morgan fingerprint density at radius 2 is 2.06 bits per heavy atom. The van der Waals surface area contributed by atoms with Crippen LogP contribution in [-0.4, -0.2) is 33.7 Å². The van der Waals surface area contributed by atoms with E-state index in [-0.39, 0.29) is 17.8 Å². The molecule has 0 atom stereocenters. The van der Waals surface area contributed by atoms with Gasteiger partial charge in [-0.15, -0.1) is 0 Å². The third-order valence-corrected chi connectivity index (χ3v) is 2.61. The molecule has 0 aliphatic rings. The third-order valence-electron chi connectivity index (χ3n) is 2.61. The van der Waals surface area contributed by atoms with Crippen LogP contribution in [0.5, 0.6) is 0 Å². The molecule has 1 aromatic heterocycles. The lowest BCUT2D eigenvalue weighted by Gasteiger charge is -2.20. The summed E-state index contributed by atoms with van der Waals surface area (Å²) in [7, 11) is 1.53. The monoisotopic (exact) mass is 239 g/mol. The highest BCUT2D eigenvalue weighted by Crippen LogP contribution is 2.08. The molecule has 1 rings (SSSR count). The molecule has 0 aliphatic carbocycles. The van der Waals surface area contributed by atoms with E-state index in [1.807, 2.05) is 18.7 Å². The topological polar surface area (TPSA) is 75.4 Å². The van der Waals surface area contributed by atoms with E-state index in [4.69, 9.17) is 5.11 Å². The first kappa shape index (κ1) is 13.2. The number of aromatic nitrogens is 2. The molecule has 0 fully saturated rings. The fourth-order valence-corrected chi connectivity index (χ4v) is 1.58. The minimum Gasteiger partial charge on any atom is -0.481 e. The Bertz CT molecular complexity index is 464. The van der Waals surface area contributed by atoms with E-state index in [1.165, 1.54) is 17.7 Å². The van der Waals surface area contributed by atoms with Gasteiger partial charge in [0.2, 0.25) is 0 Å². The Balaban J connectivity index is 3.22. The number of hydrogen-bond acceptors (Lipinski definition) is 4. The molecule has 1 heterocycles. The van der Waals surface area contributed by atoms with Crippen molar-refractivity contribution in [2.24, 2.45) is 7.05 Å². The molecular formula is C11H17N3O3. The van der Waals surface area contributed by atoms with Crippen LogP contribution < -0.4 is 10.5 Å². The molecule has 1 aromatic rings. The van der Waals surface area contributed by atoms with Gasteiger partial charge >= 0.3 is 5.97 Å². The highest BCUT2D eigenvalue weighted by Gasteiger charge is 2.12. The van der Waals surface area contributed by atoms with E-state index in [2.05, 4.69) is 4.98 Å². The van der Waals surface area contributed by atoms with Gasteiger partial charge in [-0.3, -0.25) is 14.2 Å². The molecule has 0 spiro atoms. The number of nitrogens with zero attached hydrogens (tertiary/aromatic N) is 3. The van der Waals surface area contributed by atoms with Crippen LogP contribution in [0, 0.1) is 0 Å². The van der Waals surface area contributed by atoms with Crippen molar-refractivity contribution in [3.63, 3.8) is 0 Å². The van der Waals surface area contributed by atoms with Crippen LogP contribution in [0.4, 0.5) is 5.82 Å². The molecule has 0 aliphatic heterocycles. The van der Waals surface area contributed by atoms with Crippen LogP contribution in [0.25, 0.3) is 0 Å². The van der Waals surface area contributed by atoms with Crippen molar-refractivity contribution in [1.82, 2.24) is 9.55 Å². The largest absolute Gasteiger partial charge is 0.481 e. The van der Waals surface area contributed by atoms with E-state index in [0.717, 1.165) is 13.1 Å². The average Bonchev–Trinajstić information content (AvgIpc) is 2.26. The molecule has 1 N–H and O–H groups in total. The first-order chi connectivity index (χ1) is 7.99. The summed E-state index contributed by atoms with van der Waals surface area (Å²) >= 11 is 0. The molecule has 0 unspecified atom stereocenters. The number of carboxylic acids is 1. The van der Waals surface area contributed by atoms with Crippen molar-refractivity contribution < 1.29 is 9.90 Å². The van der Waals surface area contributed by atoms with E-state index in [0.29, 0.717) is 5.82 Å². The quantitative estimate of drug-likeness (QED) is 0.797. The van der Waals surface area contributed by atoms with Crippen molar-refractivity contribution in [2.45, 2.75) is 20.3 Å². The first-order valence-electron chi connectivity index (χ1n) is 5.53. The highest BCUT2D eigenvalue weighted by atomic mass is 16.4. The van der Waals surface area contributed by atoms with Crippen LogP contribution >= 0.6 is 0 Å². The molecule has 0 radical (unpaired) electrons. The number of carboxylic acid groups (broad SMARTS) is 1. The van der Waals surface area contributed by atoms with Crippen LogP contribution in [0.15, 0.2) is 10.9 Å². The minimum atomic E-state index is -0.996. The summed E-state index contributed by atoms with van der Waals surface area (Å²) in [6.07, 6.45) is -0.249. The van der Waals surface area contributed by atoms with Crippen LogP contribution in [0.2, 0.25) is 0 Å². The van der Waals surface area contributed by atoms with Gasteiger partial charge in [-0.1, -0.05) is 0 Å². The van der Waals surface area contributed by atoms with Gasteiger partial charge in [0.25, 0.3) is 5.56 Å². The fraction of sp³-hybridized carbons (Fsp3) is 0.545. The number of carbonyl (C=O) groups is 1. The maximum atomic E-state index is 11.7. The summed E-state index contributed by atoms with van der Waals surface area (Å²) in [6, 6.07) is 1.43. The normalized spacial score (nSPS) is 10.3. The standard InChI is InChI=1S/C11H17N3O3/c1-4-14(5-2)9-6-10(15)13(3)8(12-9)7-11(16)17/h6H,4-5,7H2,1-3H3,(H,16,17). The van der Waals surface area contributed by atoms with Crippen LogP contribution in [-0.2, 0) is 18.3 Å². The SMILES string of the molecule is CCN(CC)c1cc(=O)n(C)c(CC(=O)O)n1. The number of aliphatic carboxylic acids is 1. The van der Waals surface area contributed by atoms with Gasteiger partial charge in [-0.05, 0) is 13.8 Å². The molecule has 0 amide bonds. The molecule has 94 valence electrons. The van der Waals surface area contributed by atoms with Gasteiger partial charge in [0.15, 0.2) is 0 Å². The van der Waals surface area contributed by atoms with Gasteiger partial charge in [0, 0.05) is 26.2 Å². The molecule has 6 nitrogen and oxygen atoms in total. The van der Waals surface area contributed by atoms with Crippen molar-refractivity contribution >= 4 is 11.8 Å². The predicted molar refractivity (Wildman–Crippen MR) is 64.4 cm³/mol. The summed E-state index contributed by atoms with van der Waals surface area (Å²) in [5.74, 6) is -0.189. The maximum Gasteiger partial charge on any atom is 0.311 e. The second-order valence-corrected chi connectivity index (χ2v) is 3.67. The average molecular weight is 239 g/mol. The lowest BCUT2D eigenvalue weighted by atomic mass is 10.3. The summed E-state index contributed by atoms with van der Waals surface area (Å²) in [5, 5.41) is 8.76. The lowest BCUT2D eigenvalue weighted by molar-refractivity contribution is -0.136. The zero-order chi connectivity index (χ0) is 13.0. The summed E-state index contributed by atoms with van der Waals surface area (Å²) in [5.41, 5.74) is -0.238. The highest BCUT2D eigenvalue weighted by molar-refractivity contribution is 5.69. The second kappa shape index (κ2) is 5.47. The zero-order valence-electron chi connectivity index (χ0n) is 10.3. The number of hydrogen-bond donors (Lipinski definition) is 1. The molecule has 17 heavy (non-hydrogen) atoms. The van der Waals surface area contributed by atoms with Crippen molar-refractivity contribution in [3.05, 3.63) is 22.2 Å². The van der Waals surface area contributed by atoms with E-state index in [1.54, 1.807) is 0 Å². The van der Waals surface area contributed by atoms with E-state index in [9.17, 15) is 9.59 Å². The van der Waals surface area contributed by atoms with Gasteiger partial charge in [-0.25, -0.2) is 4.98 Å². The van der Waals surface area contributed by atoms with E-state index >= 15 is 0 Å². The number of rotatable bonds is 5. The molecular weight excluding hydrogens is 222 g/mol.